The lowest BCUT2D eigenvalue weighted by Crippen LogP contribution is -2.39. The molecule has 1 saturated heterocycles. The molecule has 0 bridgehead atoms. The lowest BCUT2D eigenvalue weighted by Gasteiger charge is -2.31. The molecule has 22 heavy (non-hydrogen) atoms. The molecule has 1 atom stereocenters. The van der Waals surface area contributed by atoms with Gasteiger partial charge in [0.25, 0.3) is 0 Å². The fourth-order valence-corrected chi connectivity index (χ4v) is 4.58. The van der Waals surface area contributed by atoms with E-state index in [1.165, 1.54) is 29.3 Å². The van der Waals surface area contributed by atoms with Crippen LogP contribution in [0.5, 0.6) is 5.75 Å². The van der Waals surface area contributed by atoms with Gasteiger partial charge in [-0.2, -0.15) is 11.8 Å². The fourth-order valence-electron chi connectivity index (χ4n) is 3.32. The first kappa shape index (κ1) is 14.2. The lowest BCUT2D eigenvalue weighted by molar-refractivity contribution is 0.191. The maximum atomic E-state index is 5.22. The first-order valence-corrected chi connectivity index (χ1v) is 9.03. The van der Waals surface area contributed by atoms with Crippen LogP contribution in [0.1, 0.15) is 17.8 Å². The normalized spacial score (nSPS) is 21.8. The number of thioether (sulfide) groups is 1. The van der Waals surface area contributed by atoms with Crippen molar-refractivity contribution < 1.29 is 4.74 Å². The molecule has 4 nitrogen and oxygen atoms in total. The summed E-state index contributed by atoms with van der Waals surface area (Å²) >= 11 is 2.08. The summed E-state index contributed by atoms with van der Waals surface area (Å²) in [6.07, 6.45) is 2.39. The van der Waals surface area contributed by atoms with Crippen LogP contribution < -0.4 is 4.74 Å². The van der Waals surface area contributed by atoms with Crippen molar-refractivity contribution in [3.05, 3.63) is 35.7 Å². The van der Waals surface area contributed by atoms with Gasteiger partial charge in [-0.05, 0) is 36.4 Å². The molecule has 3 heterocycles. The highest BCUT2D eigenvalue weighted by molar-refractivity contribution is 7.99. The van der Waals surface area contributed by atoms with E-state index < -0.39 is 0 Å². The minimum atomic E-state index is 0.755. The third kappa shape index (κ3) is 2.63. The number of aromatic amines is 1. The highest BCUT2D eigenvalue weighted by atomic mass is 32.2. The Morgan fingerprint density at radius 2 is 2.18 bits per heavy atom. The summed E-state index contributed by atoms with van der Waals surface area (Å²) in [6, 6.07) is 8.85. The molecule has 0 radical (unpaired) electrons. The summed E-state index contributed by atoms with van der Waals surface area (Å²) in [5.41, 5.74) is 3.67. The Kier molecular flexibility index (Phi) is 3.84. The molecular formula is C17H21N3OS. The Hall–Kier alpha value is -1.46. The molecule has 0 spiro atoms. The summed E-state index contributed by atoms with van der Waals surface area (Å²) in [6.45, 7) is 2.16. The molecule has 1 aromatic heterocycles. The van der Waals surface area contributed by atoms with Gasteiger partial charge in [-0.15, -0.1) is 0 Å². The van der Waals surface area contributed by atoms with E-state index in [1.54, 1.807) is 7.11 Å². The molecule has 2 aliphatic rings. The zero-order chi connectivity index (χ0) is 14.9. The van der Waals surface area contributed by atoms with Crippen LogP contribution in [-0.2, 0) is 13.0 Å². The quantitative estimate of drug-likeness (QED) is 0.945. The van der Waals surface area contributed by atoms with Crippen LogP contribution in [0.3, 0.4) is 0 Å². The smallest absolute Gasteiger partial charge is 0.137 e. The zero-order valence-electron chi connectivity index (χ0n) is 12.8. The van der Waals surface area contributed by atoms with E-state index in [1.807, 2.05) is 12.1 Å². The number of benzene rings is 1. The third-order valence-electron chi connectivity index (χ3n) is 4.65. The minimum absolute atomic E-state index is 0.755. The van der Waals surface area contributed by atoms with Gasteiger partial charge in [0.15, 0.2) is 0 Å². The van der Waals surface area contributed by atoms with Gasteiger partial charge >= 0.3 is 0 Å². The van der Waals surface area contributed by atoms with Crippen molar-refractivity contribution in [2.45, 2.75) is 25.4 Å². The third-order valence-corrected chi connectivity index (χ3v) is 5.79. The van der Waals surface area contributed by atoms with Gasteiger partial charge in [-0.3, -0.25) is 4.90 Å². The van der Waals surface area contributed by atoms with Gasteiger partial charge in [-0.25, -0.2) is 4.98 Å². The Balaban J connectivity index is 1.55. The number of rotatable bonds is 3. The topological polar surface area (TPSA) is 41.1 Å². The number of hydrogen-bond acceptors (Lipinski definition) is 4. The molecule has 0 saturated carbocycles. The molecule has 4 rings (SSSR count). The maximum Gasteiger partial charge on any atom is 0.137 e. The van der Waals surface area contributed by atoms with Crippen molar-refractivity contribution in [3.63, 3.8) is 0 Å². The number of fused-ring (bicyclic) bond motifs is 1. The van der Waals surface area contributed by atoms with Crippen molar-refractivity contribution in [1.29, 1.82) is 0 Å². The Morgan fingerprint density at radius 3 is 2.91 bits per heavy atom. The van der Waals surface area contributed by atoms with Crippen molar-refractivity contribution in [2.24, 2.45) is 0 Å². The van der Waals surface area contributed by atoms with Gasteiger partial charge in [-0.1, -0.05) is 0 Å². The van der Waals surface area contributed by atoms with Crippen molar-refractivity contribution in [3.8, 4) is 17.1 Å². The molecular weight excluding hydrogens is 294 g/mol. The predicted octanol–water partition coefficient (Wildman–Crippen LogP) is 2.95. The average Bonchev–Trinajstić information content (AvgIpc) is 3.23. The highest BCUT2D eigenvalue weighted by Gasteiger charge is 2.28. The fraction of sp³-hybridized carbons (Fsp3) is 0.471. The molecule has 1 fully saturated rings. The number of aromatic nitrogens is 2. The number of methoxy groups -OCH3 is 1. The maximum absolute atomic E-state index is 5.22. The minimum Gasteiger partial charge on any atom is -0.497 e. The van der Waals surface area contributed by atoms with Gasteiger partial charge in [0, 0.05) is 36.9 Å². The summed E-state index contributed by atoms with van der Waals surface area (Å²) in [4.78, 5) is 11.0. The van der Waals surface area contributed by atoms with E-state index in [4.69, 9.17) is 9.72 Å². The first-order chi connectivity index (χ1) is 10.8. The molecule has 1 N–H and O–H groups in total. The number of H-pyrrole nitrogens is 1. The summed E-state index contributed by atoms with van der Waals surface area (Å²) in [5.74, 6) is 4.46. The Labute approximate surface area is 135 Å². The second-order valence-corrected chi connectivity index (χ2v) is 7.13. The van der Waals surface area contributed by atoms with Crippen LogP contribution >= 0.6 is 11.8 Å². The largest absolute Gasteiger partial charge is 0.497 e. The van der Waals surface area contributed by atoms with E-state index in [0.717, 1.165) is 42.7 Å². The van der Waals surface area contributed by atoms with Crippen molar-refractivity contribution >= 4 is 11.8 Å². The van der Waals surface area contributed by atoms with E-state index >= 15 is 0 Å². The number of nitrogens with zero attached hydrogens (tertiary/aromatic N) is 2. The van der Waals surface area contributed by atoms with Crippen LogP contribution in [0.25, 0.3) is 11.4 Å². The Bertz CT molecular complexity index is 646. The molecule has 0 unspecified atom stereocenters. The standard InChI is InChI=1S/C17H21N3OS/c1-21-14-4-2-12(3-5-14)17-18-15-6-8-20(10-16(15)19-17)13-7-9-22-11-13/h2-5,13H,6-11H2,1H3,(H,18,19)/t13-/m0/s1. The number of ether oxygens (including phenoxy) is 1. The molecule has 116 valence electrons. The van der Waals surface area contributed by atoms with Gasteiger partial charge in [0.2, 0.25) is 0 Å². The summed E-state index contributed by atoms with van der Waals surface area (Å²) < 4.78 is 5.22. The monoisotopic (exact) mass is 315 g/mol. The molecule has 2 aromatic rings. The second-order valence-electron chi connectivity index (χ2n) is 5.98. The number of hydrogen-bond donors (Lipinski definition) is 1. The van der Waals surface area contributed by atoms with E-state index in [0.29, 0.717) is 0 Å². The molecule has 0 amide bonds. The molecule has 5 heteroatoms. The van der Waals surface area contributed by atoms with Gasteiger partial charge < -0.3 is 9.72 Å². The van der Waals surface area contributed by atoms with E-state index in [2.05, 4.69) is 33.8 Å². The highest BCUT2D eigenvalue weighted by Crippen LogP contribution is 2.29. The second kappa shape index (κ2) is 5.97. The van der Waals surface area contributed by atoms with Crippen molar-refractivity contribution in [2.75, 3.05) is 25.2 Å². The summed E-state index contributed by atoms with van der Waals surface area (Å²) in [7, 11) is 1.69. The Morgan fingerprint density at radius 1 is 1.32 bits per heavy atom. The zero-order valence-corrected chi connectivity index (χ0v) is 13.7. The SMILES string of the molecule is COc1ccc(-c2nc3c([nH]2)CN([C@H]2CCSC2)CC3)cc1. The lowest BCUT2D eigenvalue weighted by atomic mass is 10.1. The van der Waals surface area contributed by atoms with Crippen LogP contribution in [0.2, 0.25) is 0 Å². The molecule has 0 aliphatic carbocycles. The van der Waals surface area contributed by atoms with E-state index in [9.17, 15) is 0 Å². The predicted molar refractivity (Wildman–Crippen MR) is 90.4 cm³/mol. The number of nitrogens with one attached hydrogen (secondary N) is 1. The van der Waals surface area contributed by atoms with Crippen LogP contribution in [0.4, 0.5) is 0 Å². The first-order valence-electron chi connectivity index (χ1n) is 7.87. The number of imidazole rings is 1. The van der Waals surface area contributed by atoms with Crippen molar-refractivity contribution in [1.82, 2.24) is 14.9 Å². The van der Waals surface area contributed by atoms with Gasteiger partial charge in [0.05, 0.1) is 18.5 Å². The molecule has 1 aromatic carbocycles. The van der Waals surface area contributed by atoms with Crippen LogP contribution in [0.15, 0.2) is 24.3 Å². The van der Waals surface area contributed by atoms with Crippen LogP contribution in [-0.4, -0.2) is 46.1 Å². The van der Waals surface area contributed by atoms with Gasteiger partial charge in [0.1, 0.15) is 11.6 Å². The van der Waals surface area contributed by atoms with E-state index in [-0.39, 0.29) is 0 Å². The molecule has 2 aliphatic heterocycles. The summed E-state index contributed by atoms with van der Waals surface area (Å²) in [5, 5.41) is 0. The van der Waals surface area contributed by atoms with Crippen LogP contribution in [0, 0.1) is 0 Å². The average molecular weight is 315 g/mol.